The molecule has 138 valence electrons. The van der Waals surface area contributed by atoms with Crippen molar-refractivity contribution in [3.05, 3.63) is 53.3 Å². The van der Waals surface area contributed by atoms with Gasteiger partial charge in [-0.05, 0) is 30.5 Å². The quantitative estimate of drug-likeness (QED) is 0.567. The normalized spacial score (nSPS) is 14.9. The van der Waals surface area contributed by atoms with Crippen LogP contribution in [0.25, 0.3) is 16.9 Å². The number of carbonyl (C=O) groups excluding carboxylic acids is 1. The summed E-state index contributed by atoms with van der Waals surface area (Å²) >= 11 is 0. The molecule has 0 bridgehead atoms. The molecule has 0 saturated carbocycles. The molecular weight excluding hydrogens is 358 g/mol. The molecule has 6 rings (SSSR count). The number of aromatic nitrogens is 5. The Labute approximate surface area is 158 Å². The minimum absolute atomic E-state index is 0.0389. The fraction of sp³-hybridized carbons (Fsp3) is 0.211. The van der Waals surface area contributed by atoms with Gasteiger partial charge < -0.3 is 9.73 Å². The van der Waals surface area contributed by atoms with E-state index in [2.05, 4.69) is 30.7 Å². The first-order chi connectivity index (χ1) is 13.8. The van der Waals surface area contributed by atoms with E-state index in [0.717, 1.165) is 47.5 Å². The Morgan fingerprint density at radius 1 is 1.21 bits per heavy atom. The van der Waals surface area contributed by atoms with Crippen LogP contribution >= 0.6 is 0 Å². The molecule has 2 N–H and O–H groups in total. The summed E-state index contributed by atoms with van der Waals surface area (Å²) in [6.07, 6.45) is 6.17. The molecule has 1 aliphatic carbocycles. The van der Waals surface area contributed by atoms with Crippen LogP contribution in [-0.4, -0.2) is 30.5 Å². The molecule has 0 radical (unpaired) electrons. The third-order valence-corrected chi connectivity index (χ3v) is 5.21. The van der Waals surface area contributed by atoms with Gasteiger partial charge in [-0.1, -0.05) is 6.07 Å². The predicted molar refractivity (Wildman–Crippen MR) is 99.2 cm³/mol. The molecule has 9 nitrogen and oxygen atoms in total. The van der Waals surface area contributed by atoms with E-state index in [-0.39, 0.29) is 5.91 Å². The first-order valence-electron chi connectivity index (χ1n) is 9.12. The van der Waals surface area contributed by atoms with Gasteiger partial charge >= 0.3 is 6.01 Å². The Balaban J connectivity index is 1.40. The average Bonchev–Trinajstić information content (AvgIpc) is 3.46. The molecule has 0 atom stereocenters. The topological polar surface area (TPSA) is 110 Å². The molecule has 3 aromatic heterocycles. The first kappa shape index (κ1) is 15.3. The molecule has 1 amide bonds. The fourth-order valence-electron chi connectivity index (χ4n) is 3.84. The van der Waals surface area contributed by atoms with E-state index in [1.807, 2.05) is 18.2 Å². The third kappa shape index (κ3) is 2.22. The Bertz CT molecular complexity index is 1240. The maximum Gasteiger partial charge on any atom is 0.300 e. The van der Waals surface area contributed by atoms with E-state index in [9.17, 15) is 4.79 Å². The molecule has 4 heterocycles. The van der Waals surface area contributed by atoms with Crippen molar-refractivity contribution < 1.29 is 9.21 Å². The van der Waals surface area contributed by atoms with Crippen molar-refractivity contribution in [3.8, 4) is 11.3 Å². The summed E-state index contributed by atoms with van der Waals surface area (Å²) in [7, 11) is 0. The van der Waals surface area contributed by atoms with Gasteiger partial charge in [0.15, 0.2) is 11.5 Å². The van der Waals surface area contributed by atoms with Crippen molar-refractivity contribution in [3.63, 3.8) is 0 Å². The highest BCUT2D eigenvalue weighted by atomic mass is 16.4. The standard InChI is InChI=1S/C19H15N7O2/c27-18-12-5-4-10(6-11(12)7-21-18)14-8-20-16(17-22-9-23-26(14)17)25-19-24-13-2-1-3-15(13)28-19/h4-6,8-9H,1-3,7H2,(H,21,27)(H,20,24,25). The zero-order valence-electron chi connectivity index (χ0n) is 14.8. The smallest absolute Gasteiger partial charge is 0.300 e. The van der Waals surface area contributed by atoms with Crippen LogP contribution in [0.2, 0.25) is 0 Å². The largest absolute Gasteiger partial charge is 0.428 e. The number of oxazole rings is 1. The molecular formula is C19H15N7O2. The van der Waals surface area contributed by atoms with Gasteiger partial charge in [-0.15, -0.1) is 0 Å². The number of rotatable bonds is 3. The van der Waals surface area contributed by atoms with Crippen molar-refractivity contribution in [1.82, 2.24) is 29.9 Å². The number of amides is 1. The summed E-state index contributed by atoms with van der Waals surface area (Å²) in [6, 6.07) is 6.14. The monoisotopic (exact) mass is 373 g/mol. The molecule has 0 saturated heterocycles. The predicted octanol–water partition coefficient (Wildman–Crippen LogP) is 2.25. The number of nitrogens with zero attached hydrogens (tertiary/aromatic N) is 5. The summed E-state index contributed by atoms with van der Waals surface area (Å²) < 4.78 is 7.49. The molecule has 0 fully saturated rings. The maximum absolute atomic E-state index is 11.8. The SMILES string of the molecule is O=C1NCc2cc(-c3cnc(Nc4nc5c(o4)CCC5)c4ncnn34)ccc21. The van der Waals surface area contributed by atoms with Gasteiger partial charge in [0.1, 0.15) is 12.1 Å². The second-order valence-electron chi connectivity index (χ2n) is 6.91. The Morgan fingerprint density at radius 2 is 2.18 bits per heavy atom. The number of hydrogen-bond donors (Lipinski definition) is 2. The van der Waals surface area contributed by atoms with Crippen LogP contribution in [0, 0.1) is 0 Å². The van der Waals surface area contributed by atoms with E-state index in [4.69, 9.17) is 4.42 Å². The van der Waals surface area contributed by atoms with Gasteiger partial charge in [0.25, 0.3) is 5.91 Å². The van der Waals surface area contributed by atoms with Gasteiger partial charge in [-0.25, -0.2) is 14.5 Å². The highest BCUT2D eigenvalue weighted by Gasteiger charge is 2.22. The van der Waals surface area contributed by atoms with Crippen LogP contribution in [0.4, 0.5) is 11.8 Å². The van der Waals surface area contributed by atoms with Crippen LogP contribution in [-0.2, 0) is 19.4 Å². The lowest BCUT2D eigenvalue weighted by Gasteiger charge is -2.08. The van der Waals surface area contributed by atoms with E-state index in [1.165, 1.54) is 6.33 Å². The third-order valence-electron chi connectivity index (χ3n) is 5.21. The van der Waals surface area contributed by atoms with E-state index in [0.29, 0.717) is 29.6 Å². The highest BCUT2D eigenvalue weighted by molar-refractivity contribution is 5.98. The number of anilines is 2. The summed E-state index contributed by atoms with van der Waals surface area (Å²) in [4.78, 5) is 25.1. The fourth-order valence-corrected chi connectivity index (χ4v) is 3.84. The zero-order chi connectivity index (χ0) is 18.7. The highest BCUT2D eigenvalue weighted by Crippen LogP contribution is 2.29. The van der Waals surface area contributed by atoms with Gasteiger partial charge in [-0.2, -0.15) is 10.1 Å². The van der Waals surface area contributed by atoms with Crippen molar-refractivity contribution in [1.29, 1.82) is 0 Å². The Hall–Kier alpha value is -3.75. The van der Waals surface area contributed by atoms with Crippen LogP contribution in [0.3, 0.4) is 0 Å². The number of carbonyl (C=O) groups is 1. The number of hydrogen-bond acceptors (Lipinski definition) is 7. The van der Waals surface area contributed by atoms with Crippen molar-refractivity contribution >= 4 is 23.4 Å². The van der Waals surface area contributed by atoms with Crippen molar-refractivity contribution in [2.24, 2.45) is 0 Å². The second kappa shape index (κ2) is 5.62. The van der Waals surface area contributed by atoms with E-state index >= 15 is 0 Å². The Kier molecular flexibility index (Phi) is 3.08. The van der Waals surface area contributed by atoms with Crippen LogP contribution < -0.4 is 10.6 Å². The number of fused-ring (bicyclic) bond motifs is 3. The molecule has 9 heteroatoms. The van der Waals surface area contributed by atoms with Crippen molar-refractivity contribution in [2.75, 3.05) is 5.32 Å². The molecule has 0 spiro atoms. The molecule has 4 aromatic rings. The van der Waals surface area contributed by atoms with Crippen LogP contribution in [0.1, 0.15) is 33.8 Å². The van der Waals surface area contributed by atoms with Gasteiger partial charge in [0.05, 0.1) is 17.6 Å². The minimum Gasteiger partial charge on any atom is -0.428 e. The van der Waals surface area contributed by atoms with E-state index < -0.39 is 0 Å². The maximum atomic E-state index is 11.8. The van der Waals surface area contributed by atoms with Gasteiger partial charge in [0.2, 0.25) is 0 Å². The average molecular weight is 373 g/mol. The summed E-state index contributed by atoms with van der Waals surface area (Å²) in [5, 5.41) is 10.3. The van der Waals surface area contributed by atoms with Crippen molar-refractivity contribution in [2.45, 2.75) is 25.8 Å². The molecule has 2 aliphatic rings. The molecule has 0 unspecified atom stereocenters. The lowest BCUT2D eigenvalue weighted by Crippen LogP contribution is -2.12. The van der Waals surface area contributed by atoms with Gasteiger partial charge in [0, 0.05) is 24.1 Å². The summed E-state index contributed by atoms with van der Waals surface area (Å²) in [5.74, 6) is 1.43. The van der Waals surface area contributed by atoms with Gasteiger partial charge in [-0.3, -0.25) is 10.1 Å². The van der Waals surface area contributed by atoms with E-state index in [1.54, 1.807) is 10.7 Å². The number of aryl methyl sites for hydroxylation is 2. The zero-order valence-corrected chi connectivity index (χ0v) is 14.8. The Morgan fingerprint density at radius 3 is 3.11 bits per heavy atom. The summed E-state index contributed by atoms with van der Waals surface area (Å²) in [6.45, 7) is 0.532. The molecule has 28 heavy (non-hydrogen) atoms. The number of nitrogens with one attached hydrogen (secondary N) is 2. The number of benzene rings is 1. The molecule has 1 aliphatic heterocycles. The first-order valence-corrected chi connectivity index (χ1v) is 9.12. The molecule has 1 aromatic carbocycles. The lowest BCUT2D eigenvalue weighted by atomic mass is 10.0. The van der Waals surface area contributed by atoms with Crippen LogP contribution in [0.15, 0.2) is 35.1 Å². The summed E-state index contributed by atoms with van der Waals surface area (Å²) in [5.41, 5.74) is 4.97. The second-order valence-corrected chi connectivity index (χ2v) is 6.91. The lowest BCUT2D eigenvalue weighted by molar-refractivity contribution is 0.0966. The minimum atomic E-state index is -0.0389. The van der Waals surface area contributed by atoms with Crippen LogP contribution in [0.5, 0.6) is 0 Å².